The smallest absolute Gasteiger partial charge is 0.220 e. The molecule has 2 aliphatic rings. The van der Waals surface area contributed by atoms with Crippen LogP contribution in [0.3, 0.4) is 0 Å². The van der Waals surface area contributed by atoms with Gasteiger partial charge in [0.15, 0.2) is 0 Å². The van der Waals surface area contributed by atoms with Crippen molar-refractivity contribution >= 4 is 17.2 Å². The van der Waals surface area contributed by atoms with E-state index in [1.165, 1.54) is 4.88 Å². The lowest BCUT2D eigenvalue weighted by Gasteiger charge is -2.34. The second-order valence-corrected chi connectivity index (χ2v) is 6.93. The molecule has 2 heterocycles. The molecule has 0 saturated carbocycles. The average molecular weight is 320 g/mol. The van der Waals surface area contributed by atoms with Gasteiger partial charge in [-0.05, 0) is 30.2 Å². The van der Waals surface area contributed by atoms with Crippen LogP contribution in [0.5, 0.6) is 0 Å². The SMILES string of the molecule is O=C(C[C@@H]1C=CCC1)NC[C@@H](c1cccs1)N1CCOCC1. The van der Waals surface area contributed by atoms with Crippen molar-refractivity contribution in [1.29, 1.82) is 0 Å². The average Bonchev–Trinajstić information content (AvgIpc) is 3.22. The van der Waals surface area contributed by atoms with E-state index in [9.17, 15) is 4.79 Å². The maximum Gasteiger partial charge on any atom is 0.220 e. The maximum atomic E-state index is 12.2. The molecule has 0 spiro atoms. The molecule has 1 aliphatic carbocycles. The molecular formula is C17H24N2O2S. The molecule has 4 nitrogen and oxygen atoms in total. The number of carbonyl (C=O) groups is 1. The third-order valence-corrected chi connectivity index (χ3v) is 5.38. The predicted molar refractivity (Wildman–Crippen MR) is 88.9 cm³/mol. The lowest BCUT2D eigenvalue weighted by molar-refractivity contribution is -0.122. The number of ether oxygens (including phenoxy) is 1. The Morgan fingerprint density at radius 2 is 2.32 bits per heavy atom. The van der Waals surface area contributed by atoms with Crippen molar-refractivity contribution in [1.82, 2.24) is 10.2 Å². The minimum absolute atomic E-state index is 0.173. The highest BCUT2D eigenvalue weighted by Gasteiger charge is 2.24. The van der Waals surface area contributed by atoms with Crippen molar-refractivity contribution < 1.29 is 9.53 Å². The Kier molecular flexibility index (Phi) is 5.64. The van der Waals surface area contributed by atoms with Gasteiger partial charge in [0.2, 0.25) is 5.91 Å². The van der Waals surface area contributed by atoms with Gasteiger partial charge in [0.1, 0.15) is 0 Å². The molecule has 2 atom stereocenters. The molecule has 1 N–H and O–H groups in total. The highest BCUT2D eigenvalue weighted by atomic mass is 32.1. The van der Waals surface area contributed by atoms with Crippen LogP contribution in [0.2, 0.25) is 0 Å². The molecule has 22 heavy (non-hydrogen) atoms. The fraction of sp³-hybridized carbons (Fsp3) is 0.588. The predicted octanol–water partition coefficient (Wildman–Crippen LogP) is 2.59. The summed E-state index contributed by atoms with van der Waals surface area (Å²) in [6.45, 7) is 4.12. The topological polar surface area (TPSA) is 41.6 Å². The number of carbonyl (C=O) groups excluding carboxylic acids is 1. The Labute approximate surface area is 136 Å². The Morgan fingerprint density at radius 3 is 3.00 bits per heavy atom. The van der Waals surface area contributed by atoms with Crippen LogP contribution in [0.15, 0.2) is 29.7 Å². The number of nitrogens with one attached hydrogen (secondary N) is 1. The first-order valence-corrected chi connectivity index (χ1v) is 8.99. The molecule has 5 heteroatoms. The molecule has 0 unspecified atom stereocenters. The molecule has 1 aromatic rings. The number of hydrogen-bond donors (Lipinski definition) is 1. The van der Waals surface area contributed by atoms with Crippen molar-refractivity contribution in [3.63, 3.8) is 0 Å². The molecule has 1 amide bonds. The first kappa shape index (κ1) is 15.7. The number of hydrogen-bond acceptors (Lipinski definition) is 4. The molecule has 1 fully saturated rings. The molecule has 1 saturated heterocycles. The second-order valence-electron chi connectivity index (χ2n) is 5.95. The maximum absolute atomic E-state index is 12.2. The van der Waals surface area contributed by atoms with Crippen LogP contribution in [-0.4, -0.2) is 43.7 Å². The van der Waals surface area contributed by atoms with Crippen LogP contribution in [0.4, 0.5) is 0 Å². The van der Waals surface area contributed by atoms with Gasteiger partial charge in [0.25, 0.3) is 0 Å². The summed E-state index contributed by atoms with van der Waals surface area (Å²) < 4.78 is 5.45. The fourth-order valence-electron chi connectivity index (χ4n) is 3.17. The van der Waals surface area contributed by atoms with E-state index in [-0.39, 0.29) is 11.9 Å². The largest absolute Gasteiger partial charge is 0.379 e. The standard InChI is InChI=1S/C17H24N2O2S/c20-17(12-14-4-1-2-5-14)18-13-15(16-6-3-11-22-16)19-7-9-21-10-8-19/h1,3-4,6,11,14-15H,2,5,7-10,12-13H2,(H,18,20)/t14-,15+/m1/s1. The highest BCUT2D eigenvalue weighted by molar-refractivity contribution is 7.10. The Balaban J connectivity index is 1.55. The van der Waals surface area contributed by atoms with Crippen LogP contribution in [0.1, 0.15) is 30.2 Å². The summed E-state index contributed by atoms with van der Waals surface area (Å²) >= 11 is 1.76. The van der Waals surface area contributed by atoms with Crippen molar-refractivity contribution in [3.8, 4) is 0 Å². The normalized spacial score (nSPS) is 23.5. The van der Waals surface area contributed by atoms with Gasteiger partial charge >= 0.3 is 0 Å². The quantitative estimate of drug-likeness (QED) is 0.819. The summed E-state index contributed by atoms with van der Waals surface area (Å²) in [5, 5.41) is 5.25. The van der Waals surface area contributed by atoms with Crippen LogP contribution in [0, 0.1) is 5.92 Å². The number of rotatable bonds is 6. The minimum atomic E-state index is 0.173. The molecule has 1 aliphatic heterocycles. The zero-order valence-electron chi connectivity index (χ0n) is 12.9. The van der Waals surface area contributed by atoms with Crippen molar-refractivity contribution in [2.45, 2.75) is 25.3 Å². The van der Waals surface area contributed by atoms with E-state index in [1.54, 1.807) is 11.3 Å². The lowest BCUT2D eigenvalue weighted by atomic mass is 10.0. The van der Waals surface area contributed by atoms with Gasteiger partial charge in [-0.1, -0.05) is 18.2 Å². The number of amides is 1. The van der Waals surface area contributed by atoms with Gasteiger partial charge in [0, 0.05) is 30.9 Å². The summed E-state index contributed by atoms with van der Waals surface area (Å²) in [6, 6.07) is 4.52. The second kappa shape index (κ2) is 7.90. The van der Waals surface area contributed by atoms with E-state index in [0.29, 0.717) is 18.9 Å². The van der Waals surface area contributed by atoms with E-state index in [4.69, 9.17) is 4.74 Å². The Morgan fingerprint density at radius 1 is 1.45 bits per heavy atom. The number of allylic oxidation sites excluding steroid dienone is 2. The fourth-order valence-corrected chi connectivity index (χ4v) is 4.03. The zero-order valence-corrected chi connectivity index (χ0v) is 13.7. The van der Waals surface area contributed by atoms with Gasteiger partial charge in [-0.25, -0.2) is 0 Å². The van der Waals surface area contributed by atoms with Crippen LogP contribution < -0.4 is 5.32 Å². The van der Waals surface area contributed by atoms with E-state index in [1.807, 2.05) is 0 Å². The third-order valence-electron chi connectivity index (χ3n) is 4.41. The van der Waals surface area contributed by atoms with E-state index < -0.39 is 0 Å². The monoisotopic (exact) mass is 320 g/mol. The summed E-state index contributed by atoms with van der Waals surface area (Å²) in [5.41, 5.74) is 0. The molecule has 120 valence electrons. The zero-order chi connectivity index (χ0) is 15.2. The van der Waals surface area contributed by atoms with Gasteiger partial charge in [0.05, 0.1) is 19.3 Å². The number of thiophene rings is 1. The summed E-state index contributed by atoms with van der Waals surface area (Å²) in [7, 11) is 0. The molecule has 0 aromatic carbocycles. The molecule has 3 rings (SSSR count). The summed E-state index contributed by atoms with van der Waals surface area (Å²) in [5.74, 6) is 0.606. The van der Waals surface area contributed by atoms with Gasteiger partial charge in [-0.3, -0.25) is 9.69 Å². The summed E-state index contributed by atoms with van der Waals surface area (Å²) in [6.07, 6.45) is 7.21. The van der Waals surface area contributed by atoms with Crippen LogP contribution in [0.25, 0.3) is 0 Å². The molecule has 0 bridgehead atoms. The molecular weight excluding hydrogens is 296 g/mol. The van der Waals surface area contributed by atoms with Gasteiger partial charge in [-0.2, -0.15) is 0 Å². The first-order valence-electron chi connectivity index (χ1n) is 8.11. The van der Waals surface area contributed by atoms with Crippen molar-refractivity contribution in [2.24, 2.45) is 5.92 Å². The molecule has 1 aromatic heterocycles. The number of nitrogens with zero attached hydrogens (tertiary/aromatic N) is 1. The first-order chi connectivity index (χ1) is 10.8. The summed E-state index contributed by atoms with van der Waals surface area (Å²) in [4.78, 5) is 15.9. The van der Waals surface area contributed by atoms with Crippen LogP contribution >= 0.6 is 11.3 Å². The number of morpholine rings is 1. The van der Waals surface area contributed by atoms with Gasteiger partial charge in [-0.15, -0.1) is 11.3 Å². The Hall–Kier alpha value is -1.17. The Bertz CT molecular complexity index is 495. The van der Waals surface area contributed by atoms with E-state index in [2.05, 4.69) is 39.9 Å². The van der Waals surface area contributed by atoms with Gasteiger partial charge < -0.3 is 10.1 Å². The minimum Gasteiger partial charge on any atom is -0.379 e. The lowest BCUT2D eigenvalue weighted by Crippen LogP contribution is -2.43. The van der Waals surface area contributed by atoms with Crippen LogP contribution in [-0.2, 0) is 9.53 Å². The van der Waals surface area contributed by atoms with Crippen molar-refractivity contribution in [3.05, 3.63) is 34.5 Å². The molecule has 0 radical (unpaired) electrons. The highest BCUT2D eigenvalue weighted by Crippen LogP contribution is 2.26. The van der Waals surface area contributed by atoms with E-state index >= 15 is 0 Å². The van der Waals surface area contributed by atoms with E-state index in [0.717, 1.165) is 39.1 Å². The van der Waals surface area contributed by atoms with Crippen molar-refractivity contribution in [2.75, 3.05) is 32.8 Å². The third kappa shape index (κ3) is 4.18.